The maximum Gasteiger partial charge on any atom is 0.241 e. The Bertz CT molecular complexity index is 822. The molecule has 0 radical (unpaired) electrons. The van der Waals surface area contributed by atoms with Gasteiger partial charge in [-0.15, -0.1) is 10.2 Å². The minimum absolute atomic E-state index is 0.0321. The number of benzene rings is 1. The second-order valence-electron chi connectivity index (χ2n) is 5.65. The summed E-state index contributed by atoms with van der Waals surface area (Å²) in [6.45, 7) is 2.00. The van der Waals surface area contributed by atoms with Gasteiger partial charge in [-0.2, -0.15) is 0 Å². The fourth-order valence-electron chi connectivity index (χ4n) is 2.20. The maximum atomic E-state index is 11.9. The van der Waals surface area contributed by atoms with Crippen molar-refractivity contribution in [2.75, 3.05) is 16.8 Å². The van der Waals surface area contributed by atoms with Gasteiger partial charge in [0.05, 0.1) is 5.75 Å². The average Bonchev–Trinajstić information content (AvgIpc) is 2.93. The van der Waals surface area contributed by atoms with Crippen LogP contribution in [0.2, 0.25) is 5.02 Å². The van der Waals surface area contributed by atoms with Gasteiger partial charge in [-0.1, -0.05) is 54.8 Å². The zero-order chi connectivity index (χ0) is 18.3. The highest BCUT2D eigenvalue weighted by Crippen LogP contribution is 2.20. The number of halogens is 1. The predicted molar refractivity (Wildman–Crippen MR) is 101 cm³/mol. The van der Waals surface area contributed by atoms with Crippen molar-refractivity contribution in [2.24, 2.45) is 0 Å². The molecule has 1 N–H and O–H groups in total. The van der Waals surface area contributed by atoms with Crippen molar-refractivity contribution in [1.29, 1.82) is 0 Å². The van der Waals surface area contributed by atoms with Crippen LogP contribution in [0.1, 0.15) is 36.8 Å². The van der Waals surface area contributed by atoms with Gasteiger partial charge >= 0.3 is 0 Å². The van der Waals surface area contributed by atoms with E-state index in [1.165, 1.54) is 11.3 Å². The number of rotatable bonds is 9. The van der Waals surface area contributed by atoms with Gasteiger partial charge in [-0.3, -0.25) is 10.1 Å². The third kappa shape index (κ3) is 7.09. The van der Waals surface area contributed by atoms with Crippen molar-refractivity contribution in [2.45, 2.75) is 32.6 Å². The molecule has 0 aliphatic rings. The van der Waals surface area contributed by atoms with Crippen LogP contribution in [0.15, 0.2) is 24.3 Å². The molecule has 1 amide bonds. The van der Waals surface area contributed by atoms with Crippen LogP contribution in [0, 0.1) is 0 Å². The van der Waals surface area contributed by atoms with Crippen LogP contribution in [-0.2, 0) is 21.1 Å². The lowest BCUT2D eigenvalue weighted by Gasteiger charge is -2.03. The molecule has 0 saturated carbocycles. The van der Waals surface area contributed by atoms with Crippen LogP contribution in [0.5, 0.6) is 0 Å². The second-order valence-corrected chi connectivity index (χ2v) is 9.34. The molecule has 0 fully saturated rings. The molecule has 0 unspecified atom stereocenters. The van der Waals surface area contributed by atoms with Crippen LogP contribution in [0.3, 0.4) is 0 Å². The van der Waals surface area contributed by atoms with Gasteiger partial charge in [-0.05, 0) is 24.1 Å². The molecule has 9 heteroatoms. The SMILES string of the molecule is CCCCCS(=O)(=O)CC(=O)Nc1nnc(Cc2cccc(Cl)c2)s1. The van der Waals surface area contributed by atoms with Gasteiger partial charge in [-0.25, -0.2) is 8.42 Å². The number of nitrogens with one attached hydrogen (secondary N) is 1. The fourth-order valence-corrected chi connectivity index (χ4v) is 4.46. The van der Waals surface area contributed by atoms with Crippen LogP contribution in [0.25, 0.3) is 0 Å². The molecule has 0 spiro atoms. The number of sulfone groups is 1. The van der Waals surface area contributed by atoms with Crippen molar-refractivity contribution in [3.63, 3.8) is 0 Å². The highest BCUT2D eigenvalue weighted by molar-refractivity contribution is 7.92. The molecule has 1 aromatic heterocycles. The van der Waals surface area contributed by atoms with Gasteiger partial charge in [0.2, 0.25) is 11.0 Å². The van der Waals surface area contributed by atoms with E-state index in [4.69, 9.17) is 11.6 Å². The largest absolute Gasteiger partial charge is 0.300 e. The fraction of sp³-hybridized carbons (Fsp3) is 0.438. The van der Waals surface area contributed by atoms with Crippen LogP contribution in [-0.4, -0.2) is 36.0 Å². The highest BCUT2D eigenvalue weighted by Gasteiger charge is 2.17. The number of hydrogen-bond acceptors (Lipinski definition) is 6. The summed E-state index contributed by atoms with van der Waals surface area (Å²) in [6.07, 6.45) is 2.89. The Morgan fingerprint density at radius 3 is 2.80 bits per heavy atom. The molecular weight excluding hydrogens is 382 g/mol. The topological polar surface area (TPSA) is 89.0 Å². The second kappa shape index (κ2) is 9.26. The van der Waals surface area contributed by atoms with Crippen molar-refractivity contribution in [3.05, 3.63) is 39.9 Å². The monoisotopic (exact) mass is 401 g/mol. The van der Waals surface area contributed by atoms with E-state index in [-0.39, 0.29) is 5.75 Å². The molecule has 2 aromatic rings. The van der Waals surface area contributed by atoms with Crippen molar-refractivity contribution < 1.29 is 13.2 Å². The normalized spacial score (nSPS) is 11.4. The molecule has 0 atom stereocenters. The first-order chi connectivity index (χ1) is 11.9. The Morgan fingerprint density at radius 2 is 2.08 bits per heavy atom. The molecule has 0 aliphatic carbocycles. The molecule has 136 valence electrons. The number of unbranched alkanes of at least 4 members (excludes halogenated alkanes) is 2. The summed E-state index contributed by atoms with van der Waals surface area (Å²) in [6, 6.07) is 7.40. The van der Waals surface area contributed by atoms with Crippen LogP contribution in [0.4, 0.5) is 5.13 Å². The molecule has 1 heterocycles. The summed E-state index contributed by atoms with van der Waals surface area (Å²) in [5.74, 6) is -1.08. The van der Waals surface area contributed by atoms with Gasteiger partial charge in [0.15, 0.2) is 9.84 Å². The molecule has 6 nitrogen and oxygen atoms in total. The third-order valence-corrected chi connectivity index (χ3v) is 6.05. The number of anilines is 1. The number of hydrogen-bond donors (Lipinski definition) is 1. The van der Waals surface area contributed by atoms with Crippen LogP contribution < -0.4 is 5.32 Å². The summed E-state index contributed by atoms with van der Waals surface area (Å²) >= 11 is 7.16. The Hall–Kier alpha value is -1.51. The average molecular weight is 402 g/mol. The van der Waals surface area contributed by atoms with Gasteiger partial charge in [0.1, 0.15) is 10.8 Å². The highest BCUT2D eigenvalue weighted by atomic mass is 35.5. The van der Waals surface area contributed by atoms with E-state index in [0.717, 1.165) is 18.4 Å². The number of amides is 1. The Kier molecular flexibility index (Phi) is 7.34. The minimum Gasteiger partial charge on any atom is -0.300 e. The third-order valence-electron chi connectivity index (χ3n) is 3.37. The maximum absolute atomic E-state index is 11.9. The Balaban J connectivity index is 1.89. The smallest absolute Gasteiger partial charge is 0.241 e. The van der Waals surface area contributed by atoms with Gasteiger partial charge in [0, 0.05) is 11.4 Å². The van der Waals surface area contributed by atoms with E-state index < -0.39 is 21.5 Å². The molecule has 0 aliphatic heterocycles. The van der Waals surface area contributed by atoms with E-state index >= 15 is 0 Å². The summed E-state index contributed by atoms with van der Waals surface area (Å²) in [5.41, 5.74) is 0.986. The molecule has 0 saturated heterocycles. The zero-order valence-electron chi connectivity index (χ0n) is 13.9. The van der Waals surface area contributed by atoms with E-state index in [1.54, 1.807) is 6.07 Å². The van der Waals surface area contributed by atoms with E-state index in [0.29, 0.717) is 28.0 Å². The summed E-state index contributed by atoms with van der Waals surface area (Å²) in [4.78, 5) is 11.9. The van der Waals surface area contributed by atoms with E-state index in [9.17, 15) is 13.2 Å². The van der Waals surface area contributed by atoms with Crippen LogP contribution >= 0.6 is 22.9 Å². The van der Waals surface area contributed by atoms with E-state index in [1.807, 2.05) is 25.1 Å². The Morgan fingerprint density at radius 1 is 1.28 bits per heavy atom. The lowest BCUT2D eigenvalue weighted by molar-refractivity contribution is -0.113. The summed E-state index contributed by atoms with van der Waals surface area (Å²) < 4.78 is 23.8. The molecule has 0 bridgehead atoms. The number of carbonyl (C=O) groups is 1. The first-order valence-electron chi connectivity index (χ1n) is 7.95. The summed E-state index contributed by atoms with van der Waals surface area (Å²) in [5, 5.41) is 12.1. The first-order valence-corrected chi connectivity index (χ1v) is 11.0. The number of carbonyl (C=O) groups excluding carboxylic acids is 1. The molecular formula is C16H20ClN3O3S2. The standard InChI is InChI=1S/C16H20ClN3O3S2/c1-2-3-4-8-25(22,23)11-14(21)18-16-20-19-15(24-16)10-12-6-5-7-13(17)9-12/h5-7,9H,2-4,8,10-11H2,1H3,(H,18,20,21). The summed E-state index contributed by atoms with van der Waals surface area (Å²) in [7, 11) is -3.39. The first kappa shape index (κ1) is 19.8. The lowest BCUT2D eigenvalue weighted by Crippen LogP contribution is -2.24. The van der Waals surface area contributed by atoms with Crippen molar-refractivity contribution >= 4 is 43.8 Å². The zero-order valence-corrected chi connectivity index (χ0v) is 16.3. The predicted octanol–water partition coefficient (Wildman–Crippen LogP) is 3.33. The molecule has 2 rings (SSSR count). The number of aromatic nitrogens is 2. The lowest BCUT2D eigenvalue weighted by atomic mass is 10.2. The minimum atomic E-state index is -3.39. The molecule has 25 heavy (non-hydrogen) atoms. The van der Waals surface area contributed by atoms with Gasteiger partial charge < -0.3 is 0 Å². The quantitative estimate of drug-likeness (QED) is 0.651. The molecule has 1 aromatic carbocycles. The van der Waals surface area contributed by atoms with Crippen molar-refractivity contribution in [3.8, 4) is 0 Å². The van der Waals surface area contributed by atoms with Crippen molar-refractivity contribution in [1.82, 2.24) is 10.2 Å². The van der Waals surface area contributed by atoms with Gasteiger partial charge in [0.25, 0.3) is 0 Å². The Labute approximate surface area is 156 Å². The number of nitrogens with zero attached hydrogens (tertiary/aromatic N) is 2. The van der Waals surface area contributed by atoms with E-state index in [2.05, 4.69) is 15.5 Å².